The molecule has 1 aliphatic carbocycles. The van der Waals surface area contributed by atoms with Crippen LogP contribution in [0, 0.1) is 0 Å². The van der Waals surface area contributed by atoms with E-state index in [1.54, 1.807) is 6.07 Å². The number of fused-ring (bicyclic) bond motifs is 1. The summed E-state index contributed by atoms with van der Waals surface area (Å²) >= 11 is 0. The van der Waals surface area contributed by atoms with Crippen LogP contribution in [-0.4, -0.2) is 26.0 Å². The monoisotopic (exact) mass is 245 g/mol. The highest BCUT2D eigenvalue weighted by molar-refractivity contribution is 5.90. The quantitative estimate of drug-likeness (QED) is 0.851. The molecule has 2 aromatic rings. The summed E-state index contributed by atoms with van der Waals surface area (Å²) in [6.07, 6.45) is 6.05. The molecule has 0 amide bonds. The number of aromatic amines is 1. The fourth-order valence-corrected chi connectivity index (χ4v) is 2.69. The molecule has 2 aromatic heterocycles. The summed E-state index contributed by atoms with van der Waals surface area (Å²) in [5.41, 5.74) is 1.58. The van der Waals surface area contributed by atoms with E-state index in [1.807, 2.05) is 0 Å². The largest absolute Gasteiger partial charge is 0.478 e. The first kappa shape index (κ1) is 11.2. The molecule has 0 atom stereocenters. The lowest BCUT2D eigenvalue weighted by Gasteiger charge is -2.19. The summed E-state index contributed by atoms with van der Waals surface area (Å²) in [4.78, 5) is 22.7. The van der Waals surface area contributed by atoms with Crippen LogP contribution < -0.4 is 0 Å². The van der Waals surface area contributed by atoms with E-state index in [1.165, 1.54) is 19.0 Å². The van der Waals surface area contributed by atoms with Gasteiger partial charge < -0.3 is 10.1 Å². The van der Waals surface area contributed by atoms with Crippen LogP contribution in [0.1, 0.15) is 48.8 Å². The summed E-state index contributed by atoms with van der Waals surface area (Å²) in [5.74, 6) is -0.0299. The van der Waals surface area contributed by atoms with Gasteiger partial charge in [-0.1, -0.05) is 19.8 Å². The first-order valence-corrected chi connectivity index (χ1v) is 6.18. The van der Waals surface area contributed by atoms with Crippen molar-refractivity contribution in [1.29, 1.82) is 0 Å². The van der Waals surface area contributed by atoms with Gasteiger partial charge >= 0.3 is 5.97 Å². The number of pyridine rings is 1. The molecule has 0 bridgehead atoms. The molecule has 1 aliphatic rings. The number of hydrogen-bond donors (Lipinski definition) is 2. The number of carboxylic acids is 1. The number of nitrogens with one attached hydrogen (secondary N) is 1. The van der Waals surface area contributed by atoms with Crippen molar-refractivity contribution in [3.05, 3.63) is 23.7 Å². The van der Waals surface area contributed by atoms with Crippen LogP contribution in [0.5, 0.6) is 0 Å². The summed E-state index contributed by atoms with van der Waals surface area (Å²) in [6.45, 7) is 2.20. The number of aromatic nitrogens is 3. The van der Waals surface area contributed by atoms with Gasteiger partial charge in [0.15, 0.2) is 5.65 Å². The molecule has 1 saturated carbocycles. The van der Waals surface area contributed by atoms with Crippen LogP contribution in [0.4, 0.5) is 0 Å². The van der Waals surface area contributed by atoms with E-state index in [4.69, 9.17) is 5.11 Å². The fourth-order valence-electron chi connectivity index (χ4n) is 2.69. The number of hydrogen-bond acceptors (Lipinski definition) is 3. The predicted molar refractivity (Wildman–Crippen MR) is 66.7 cm³/mol. The number of carbonyl (C=O) groups is 1. The Hall–Kier alpha value is -1.91. The van der Waals surface area contributed by atoms with E-state index in [0.29, 0.717) is 11.2 Å². The second kappa shape index (κ2) is 3.80. The van der Waals surface area contributed by atoms with E-state index in [0.717, 1.165) is 18.7 Å². The van der Waals surface area contributed by atoms with Crippen LogP contribution in [0.25, 0.3) is 11.2 Å². The highest BCUT2D eigenvalue weighted by Gasteiger charge is 2.33. The average molecular weight is 245 g/mol. The number of rotatable bonds is 2. The summed E-state index contributed by atoms with van der Waals surface area (Å²) < 4.78 is 0. The predicted octanol–water partition coefficient (Wildman–Crippen LogP) is 2.49. The number of H-pyrrole nitrogens is 1. The maximum atomic E-state index is 10.9. The van der Waals surface area contributed by atoms with Gasteiger partial charge in [0.1, 0.15) is 5.82 Å². The Morgan fingerprint density at radius 3 is 2.83 bits per heavy atom. The summed E-state index contributed by atoms with van der Waals surface area (Å²) in [5, 5.41) is 8.94. The van der Waals surface area contributed by atoms with Gasteiger partial charge in [0.05, 0.1) is 11.1 Å². The zero-order valence-electron chi connectivity index (χ0n) is 10.2. The molecular weight excluding hydrogens is 230 g/mol. The van der Waals surface area contributed by atoms with Gasteiger partial charge in [-0.2, -0.15) is 0 Å². The molecule has 0 radical (unpaired) electrons. The molecule has 5 nitrogen and oxygen atoms in total. The van der Waals surface area contributed by atoms with Gasteiger partial charge in [-0.15, -0.1) is 0 Å². The lowest BCUT2D eigenvalue weighted by atomic mass is 9.88. The van der Waals surface area contributed by atoms with Crippen molar-refractivity contribution in [1.82, 2.24) is 15.0 Å². The van der Waals surface area contributed by atoms with Crippen LogP contribution in [-0.2, 0) is 5.41 Å². The van der Waals surface area contributed by atoms with Crippen molar-refractivity contribution in [2.24, 2.45) is 0 Å². The zero-order valence-corrected chi connectivity index (χ0v) is 10.2. The molecule has 3 rings (SSSR count). The minimum absolute atomic E-state index is 0.0874. The highest BCUT2D eigenvalue weighted by atomic mass is 16.4. The molecule has 5 heteroatoms. The van der Waals surface area contributed by atoms with E-state index < -0.39 is 5.97 Å². The minimum atomic E-state index is -0.965. The molecule has 1 fully saturated rings. The Kier molecular flexibility index (Phi) is 2.36. The normalized spacial score (nSPS) is 18.3. The third kappa shape index (κ3) is 1.66. The first-order valence-electron chi connectivity index (χ1n) is 6.18. The lowest BCUT2D eigenvalue weighted by molar-refractivity contribution is 0.0696. The molecule has 0 aliphatic heterocycles. The molecule has 0 saturated heterocycles. The number of imidazole rings is 1. The van der Waals surface area contributed by atoms with Gasteiger partial charge in [-0.25, -0.2) is 14.8 Å². The number of aromatic carboxylic acids is 1. The van der Waals surface area contributed by atoms with E-state index in [-0.39, 0.29) is 11.0 Å². The van der Waals surface area contributed by atoms with Crippen molar-refractivity contribution >= 4 is 17.1 Å². The van der Waals surface area contributed by atoms with Gasteiger partial charge in [0, 0.05) is 11.6 Å². The molecule has 0 spiro atoms. The first-order chi connectivity index (χ1) is 8.58. The van der Waals surface area contributed by atoms with Gasteiger partial charge in [0.2, 0.25) is 0 Å². The topological polar surface area (TPSA) is 78.9 Å². The molecule has 2 heterocycles. The van der Waals surface area contributed by atoms with E-state index in [9.17, 15) is 4.79 Å². The Morgan fingerprint density at radius 1 is 1.44 bits per heavy atom. The van der Waals surface area contributed by atoms with Crippen LogP contribution in [0.15, 0.2) is 12.3 Å². The smallest absolute Gasteiger partial charge is 0.337 e. The maximum absolute atomic E-state index is 10.9. The third-order valence-corrected chi connectivity index (χ3v) is 3.86. The molecular formula is C13H15N3O2. The summed E-state index contributed by atoms with van der Waals surface area (Å²) in [6, 6.07) is 1.60. The zero-order chi connectivity index (χ0) is 12.8. The van der Waals surface area contributed by atoms with Gasteiger partial charge in [-0.3, -0.25) is 0 Å². The van der Waals surface area contributed by atoms with Gasteiger partial charge in [0.25, 0.3) is 0 Å². The second-order valence-corrected chi connectivity index (χ2v) is 5.25. The van der Waals surface area contributed by atoms with Crippen molar-refractivity contribution in [3.63, 3.8) is 0 Å². The number of carboxylic acid groups (broad SMARTS) is 1. The third-order valence-electron chi connectivity index (χ3n) is 3.86. The SMILES string of the molecule is CC1(c2nc3ncc(C(=O)O)cc3[nH]2)CCCC1. The number of nitrogens with zero attached hydrogens (tertiary/aromatic N) is 2. The van der Waals surface area contributed by atoms with Crippen molar-refractivity contribution in [2.45, 2.75) is 38.0 Å². The molecule has 18 heavy (non-hydrogen) atoms. The minimum Gasteiger partial charge on any atom is -0.478 e. The Morgan fingerprint density at radius 2 is 2.17 bits per heavy atom. The Bertz CT molecular complexity index is 612. The van der Waals surface area contributed by atoms with Crippen LogP contribution in [0.2, 0.25) is 0 Å². The van der Waals surface area contributed by atoms with Crippen LogP contribution >= 0.6 is 0 Å². The lowest BCUT2D eigenvalue weighted by Crippen LogP contribution is -2.18. The van der Waals surface area contributed by atoms with Crippen LogP contribution in [0.3, 0.4) is 0 Å². The molecule has 0 unspecified atom stereocenters. The Labute approximate surface area is 104 Å². The van der Waals surface area contributed by atoms with E-state index in [2.05, 4.69) is 21.9 Å². The van der Waals surface area contributed by atoms with Crippen molar-refractivity contribution in [3.8, 4) is 0 Å². The van der Waals surface area contributed by atoms with Crippen molar-refractivity contribution < 1.29 is 9.90 Å². The van der Waals surface area contributed by atoms with E-state index >= 15 is 0 Å². The Balaban J connectivity index is 2.08. The maximum Gasteiger partial charge on any atom is 0.337 e. The molecule has 94 valence electrons. The molecule has 0 aromatic carbocycles. The van der Waals surface area contributed by atoms with Gasteiger partial charge in [-0.05, 0) is 18.9 Å². The fraction of sp³-hybridized carbons (Fsp3) is 0.462. The molecule has 2 N–H and O–H groups in total. The van der Waals surface area contributed by atoms with Crippen molar-refractivity contribution in [2.75, 3.05) is 0 Å². The summed E-state index contributed by atoms with van der Waals surface area (Å²) in [7, 11) is 0. The average Bonchev–Trinajstić information content (AvgIpc) is 2.94. The highest BCUT2D eigenvalue weighted by Crippen LogP contribution is 2.39. The standard InChI is InChI=1S/C13H15N3O2/c1-13(4-2-3-5-13)12-15-9-6-8(11(17)18)7-14-10(9)16-12/h6-7H,2-5H2,1H3,(H,17,18)(H,14,15,16). The second-order valence-electron chi connectivity index (χ2n) is 5.25.